The number of thiocarbonyl (C=S) groups is 1. The first-order valence-electron chi connectivity index (χ1n) is 10.5. The van der Waals surface area contributed by atoms with Gasteiger partial charge in [-0.2, -0.15) is 5.26 Å². The topological polar surface area (TPSA) is 69.3 Å². The lowest BCUT2D eigenvalue weighted by molar-refractivity contribution is -0.122. The van der Waals surface area contributed by atoms with Crippen LogP contribution < -0.4 is 10.5 Å². The Balaban J connectivity index is 2.08. The molecule has 1 aromatic heterocycles. The molecule has 0 radical (unpaired) electrons. The fourth-order valence-corrected chi connectivity index (χ4v) is 5.17. The molecule has 172 valence electrons. The lowest BCUT2D eigenvalue weighted by Crippen LogP contribution is -2.31. The maximum atomic E-state index is 13.3. The largest absolute Gasteiger partial charge is 0.360 e. The summed E-state index contributed by atoms with van der Waals surface area (Å²) in [6.07, 6.45) is 3.70. The summed E-state index contributed by atoms with van der Waals surface area (Å²) in [7, 11) is 3.57. The van der Waals surface area contributed by atoms with Gasteiger partial charge in [-0.3, -0.25) is 19.1 Å². The first-order chi connectivity index (χ1) is 15.7. The average Bonchev–Trinajstić information content (AvgIpc) is 3.05. The van der Waals surface area contributed by atoms with Crippen LogP contribution in [0, 0.1) is 18.3 Å². The van der Waals surface area contributed by atoms with Crippen LogP contribution in [-0.2, 0) is 18.4 Å². The minimum Gasteiger partial charge on any atom is -0.360 e. The highest BCUT2D eigenvalue weighted by Gasteiger charge is 2.33. The molecule has 1 fully saturated rings. The molecular formula is C24H25ClN4O2S2. The molecule has 0 unspecified atom stereocenters. The van der Waals surface area contributed by atoms with Crippen molar-refractivity contribution in [1.29, 1.82) is 5.26 Å². The molecule has 2 heterocycles. The van der Waals surface area contributed by atoms with Crippen LogP contribution in [0.5, 0.6) is 0 Å². The van der Waals surface area contributed by atoms with Gasteiger partial charge in [0, 0.05) is 31.2 Å². The molecule has 1 saturated heterocycles. The molecule has 0 atom stereocenters. The quantitative estimate of drug-likeness (QED) is 0.399. The minimum absolute atomic E-state index is 0.0722. The van der Waals surface area contributed by atoms with Crippen LogP contribution in [-0.4, -0.2) is 33.3 Å². The number of carbonyl (C=O) groups excluding carboxylic acids is 1. The molecule has 33 heavy (non-hydrogen) atoms. The van der Waals surface area contributed by atoms with Crippen molar-refractivity contribution in [2.75, 3.05) is 18.5 Å². The minimum atomic E-state index is -0.350. The Morgan fingerprint density at radius 3 is 2.64 bits per heavy atom. The molecule has 9 heteroatoms. The normalized spacial score (nSPS) is 14.8. The number of hydrogen-bond acceptors (Lipinski definition) is 6. The van der Waals surface area contributed by atoms with E-state index in [1.165, 1.54) is 21.2 Å². The highest BCUT2D eigenvalue weighted by molar-refractivity contribution is 8.26. The monoisotopic (exact) mass is 500 g/mol. The molecule has 3 rings (SSSR count). The van der Waals surface area contributed by atoms with E-state index in [1.54, 1.807) is 26.1 Å². The van der Waals surface area contributed by atoms with Gasteiger partial charge in [0.2, 0.25) is 0 Å². The molecule has 6 nitrogen and oxygen atoms in total. The van der Waals surface area contributed by atoms with Crippen LogP contribution in [0.2, 0.25) is 5.02 Å². The summed E-state index contributed by atoms with van der Waals surface area (Å²) >= 11 is 13.0. The van der Waals surface area contributed by atoms with Crippen molar-refractivity contribution in [3.63, 3.8) is 0 Å². The van der Waals surface area contributed by atoms with Gasteiger partial charge in [-0.15, -0.1) is 0 Å². The molecule has 0 N–H and O–H groups in total. The Morgan fingerprint density at radius 1 is 1.30 bits per heavy atom. The van der Waals surface area contributed by atoms with Crippen LogP contribution in [0.15, 0.2) is 34.0 Å². The summed E-state index contributed by atoms with van der Waals surface area (Å²) in [4.78, 5) is 30.0. The van der Waals surface area contributed by atoms with E-state index < -0.39 is 0 Å². The molecule has 2 aromatic rings. The molecule has 0 saturated carbocycles. The van der Waals surface area contributed by atoms with Gasteiger partial charge in [-0.25, -0.2) is 0 Å². The Kier molecular flexibility index (Phi) is 8.01. The standard InChI is InChI=1S/C24H25ClN4O2S2/c1-5-6-11-27(3)21-17(15(2)18(13-26)22(30)28(21)4)12-20-23(31)29(24(32)33-20)14-16-9-7-8-10-19(16)25/h7-10,12H,5-6,11,14H2,1-4H3. The van der Waals surface area contributed by atoms with Crippen LogP contribution in [0.4, 0.5) is 5.82 Å². The molecule has 0 bridgehead atoms. The highest BCUT2D eigenvalue weighted by Crippen LogP contribution is 2.36. The van der Waals surface area contributed by atoms with Crippen LogP contribution >= 0.6 is 35.6 Å². The van der Waals surface area contributed by atoms with Crippen molar-refractivity contribution in [3.8, 4) is 6.07 Å². The number of halogens is 1. The van der Waals surface area contributed by atoms with E-state index in [2.05, 4.69) is 6.92 Å². The molecule has 1 aromatic carbocycles. The van der Waals surface area contributed by atoms with E-state index >= 15 is 0 Å². The predicted molar refractivity (Wildman–Crippen MR) is 139 cm³/mol. The van der Waals surface area contributed by atoms with E-state index in [0.717, 1.165) is 24.9 Å². The molecule has 1 aliphatic heterocycles. The Morgan fingerprint density at radius 2 is 2.00 bits per heavy atom. The van der Waals surface area contributed by atoms with E-state index in [0.29, 0.717) is 31.2 Å². The first kappa shape index (κ1) is 25.0. The summed E-state index contributed by atoms with van der Waals surface area (Å²) in [6.45, 7) is 4.86. The van der Waals surface area contributed by atoms with Crippen molar-refractivity contribution >= 4 is 57.7 Å². The van der Waals surface area contributed by atoms with Crippen molar-refractivity contribution in [2.24, 2.45) is 7.05 Å². The first-order valence-corrected chi connectivity index (χ1v) is 12.1. The number of anilines is 1. The third-order valence-corrected chi connectivity index (χ3v) is 7.36. The van der Waals surface area contributed by atoms with E-state index in [1.807, 2.05) is 36.2 Å². The third kappa shape index (κ3) is 5.01. The number of thioether (sulfide) groups is 1. The summed E-state index contributed by atoms with van der Waals surface area (Å²) in [5, 5.41) is 10.2. The van der Waals surface area contributed by atoms with Gasteiger partial charge in [-0.05, 0) is 36.6 Å². The molecule has 0 aliphatic carbocycles. The Hall–Kier alpha value is -2.60. The maximum Gasteiger partial charge on any atom is 0.270 e. The van der Waals surface area contributed by atoms with E-state index in [9.17, 15) is 14.9 Å². The number of carbonyl (C=O) groups is 1. The van der Waals surface area contributed by atoms with Crippen LogP contribution in [0.3, 0.4) is 0 Å². The predicted octanol–water partition coefficient (Wildman–Crippen LogP) is 4.86. The lowest BCUT2D eigenvalue weighted by atomic mass is 10.0. The zero-order chi connectivity index (χ0) is 24.3. The summed E-state index contributed by atoms with van der Waals surface area (Å²) in [6, 6.07) is 9.36. The fourth-order valence-electron chi connectivity index (χ4n) is 3.74. The maximum absolute atomic E-state index is 13.3. The lowest BCUT2D eigenvalue weighted by Gasteiger charge is -2.25. The highest BCUT2D eigenvalue weighted by atomic mass is 35.5. The number of hydrogen-bond donors (Lipinski definition) is 0. The number of nitrogens with zero attached hydrogens (tertiary/aromatic N) is 4. The second-order valence-corrected chi connectivity index (χ2v) is 9.93. The smallest absolute Gasteiger partial charge is 0.270 e. The molecule has 1 aliphatic rings. The fraction of sp³-hybridized carbons (Fsp3) is 0.333. The van der Waals surface area contributed by atoms with E-state index in [4.69, 9.17) is 23.8 Å². The SMILES string of the molecule is CCCCN(C)c1c(C=C2SC(=S)N(Cc3ccccc3Cl)C2=O)c(C)c(C#N)c(=O)n1C. The molecular weight excluding hydrogens is 476 g/mol. The van der Waals surface area contributed by atoms with Gasteiger partial charge in [-0.1, -0.05) is 67.1 Å². The summed E-state index contributed by atoms with van der Waals surface area (Å²) in [5.74, 6) is 0.445. The zero-order valence-corrected chi connectivity index (χ0v) is 21.4. The second kappa shape index (κ2) is 10.6. The summed E-state index contributed by atoms with van der Waals surface area (Å²) < 4.78 is 1.92. The van der Waals surface area contributed by atoms with Gasteiger partial charge in [0.25, 0.3) is 11.5 Å². The van der Waals surface area contributed by atoms with Gasteiger partial charge in [0.1, 0.15) is 21.8 Å². The average molecular weight is 501 g/mol. The van der Waals surface area contributed by atoms with Crippen molar-refractivity contribution in [1.82, 2.24) is 9.47 Å². The van der Waals surface area contributed by atoms with Crippen LogP contribution in [0.1, 0.15) is 42.0 Å². The number of aromatic nitrogens is 1. The Labute approximate surface area is 208 Å². The van der Waals surface area contributed by atoms with Gasteiger partial charge < -0.3 is 4.90 Å². The Bertz CT molecular complexity index is 1250. The van der Waals surface area contributed by atoms with Crippen molar-refractivity contribution in [2.45, 2.75) is 33.2 Å². The van der Waals surface area contributed by atoms with Crippen LogP contribution in [0.25, 0.3) is 6.08 Å². The number of unbranched alkanes of at least 4 members (excludes halogenated alkanes) is 1. The molecule has 1 amide bonds. The number of nitriles is 1. The van der Waals surface area contributed by atoms with Crippen molar-refractivity contribution in [3.05, 3.63) is 66.8 Å². The summed E-state index contributed by atoms with van der Waals surface area (Å²) in [5.41, 5.74) is 1.75. The number of rotatable bonds is 7. The van der Waals surface area contributed by atoms with Gasteiger partial charge in [0.05, 0.1) is 11.4 Å². The molecule has 0 spiro atoms. The third-order valence-electron chi connectivity index (χ3n) is 5.61. The van der Waals surface area contributed by atoms with Gasteiger partial charge in [0.15, 0.2) is 0 Å². The van der Waals surface area contributed by atoms with Crippen molar-refractivity contribution < 1.29 is 4.79 Å². The number of amides is 1. The number of benzene rings is 1. The number of pyridine rings is 1. The van der Waals surface area contributed by atoms with Gasteiger partial charge >= 0.3 is 0 Å². The zero-order valence-electron chi connectivity index (χ0n) is 19.0. The second-order valence-electron chi connectivity index (χ2n) is 7.85. The van der Waals surface area contributed by atoms with E-state index in [-0.39, 0.29) is 23.6 Å².